The smallest absolute Gasteiger partial charge is 0.416 e. The number of thiophene rings is 1. The van der Waals surface area contributed by atoms with E-state index < -0.39 is 12.7 Å². The zero-order valence-corrected chi connectivity index (χ0v) is 15.6. The molecule has 1 saturated carbocycles. The number of aromatic nitrogens is 2. The molecule has 1 amide bonds. The summed E-state index contributed by atoms with van der Waals surface area (Å²) >= 11 is 1.16. The molecule has 6 rings (SSSR count). The van der Waals surface area contributed by atoms with Crippen LogP contribution in [0.1, 0.15) is 28.9 Å². The molecule has 2 aromatic heterocycles. The van der Waals surface area contributed by atoms with E-state index >= 15 is 0 Å². The number of fused-ring (bicyclic) bond motifs is 2. The van der Waals surface area contributed by atoms with E-state index in [9.17, 15) is 13.6 Å². The Morgan fingerprint density at radius 2 is 2.21 bits per heavy atom. The molecule has 4 atom stereocenters. The van der Waals surface area contributed by atoms with Crippen LogP contribution < -0.4 is 15.0 Å². The van der Waals surface area contributed by atoms with Gasteiger partial charge in [0.15, 0.2) is 5.75 Å². The average Bonchev–Trinajstić information content (AvgIpc) is 3.41. The maximum atomic E-state index is 14.4. The lowest BCUT2D eigenvalue weighted by atomic mass is 9.95. The highest BCUT2D eigenvalue weighted by atomic mass is 32.1. The maximum absolute atomic E-state index is 14.4. The molecule has 2 bridgehead atoms. The van der Waals surface area contributed by atoms with E-state index in [0.717, 1.165) is 30.6 Å². The second-order valence-corrected chi connectivity index (χ2v) is 8.94. The van der Waals surface area contributed by atoms with Gasteiger partial charge >= 0.3 is 6.11 Å². The molecule has 2 fully saturated rings. The van der Waals surface area contributed by atoms with Crippen LogP contribution >= 0.6 is 11.3 Å². The van der Waals surface area contributed by atoms with Crippen LogP contribution in [-0.4, -0.2) is 53.6 Å². The van der Waals surface area contributed by atoms with Gasteiger partial charge in [-0.1, -0.05) is 0 Å². The van der Waals surface area contributed by atoms with Crippen LogP contribution in [0.4, 0.5) is 14.5 Å². The van der Waals surface area contributed by atoms with Crippen molar-refractivity contribution in [3.8, 4) is 16.2 Å². The van der Waals surface area contributed by atoms with Crippen molar-refractivity contribution in [3.63, 3.8) is 0 Å². The molecule has 3 aliphatic heterocycles. The number of carbonyl (C=O) groups is 1. The van der Waals surface area contributed by atoms with Crippen LogP contribution in [0.15, 0.2) is 12.4 Å². The third-order valence-electron chi connectivity index (χ3n) is 6.12. The first-order chi connectivity index (χ1) is 13.5. The quantitative estimate of drug-likeness (QED) is 0.799. The summed E-state index contributed by atoms with van der Waals surface area (Å²) in [6, 6.07) is -0.318. The summed E-state index contributed by atoms with van der Waals surface area (Å²) in [5, 5.41) is 9.61. The maximum Gasteiger partial charge on any atom is 0.416 e. The largest absolute Gasteiger partial charge is 0.427 e. The predicted octanol–water partition coefficient (Wildman–Crippen LogP) is 2.61. The highest BCUT2D eigenvalue weighted by Gasteiger charge is 2.50. The molecule has 28 heavy (non-hydrogen) atoms. The van der Waals surface area contributed by atoms with E-state index in [1.54, 1.807) is 11.1 Å². The van der Waals surface area contributed by atoms with Crippen molar-refractivity contribution in [1.82, 2.24) is 15.5 Å². The number of carbonyl (C=O) groups excluding carboxylic acids is 1. The SMILES string of the molecule is O=C1N[C@H]([C@H]2O[C@H]3CC[C@@H]2C3)CN2CC(F)(F)Oc3c(-c4cn[nH]c4)sc1c32. The summed E-state index contributed by atoms with van der Waals surface area (Å²) in [5.74, 6) is 0.181. The Morgan fingerprint density at radius 1 is 1.32 bits per heavy atom. The fourth-order valence-corrected chi connectivity index (χ4v) is 6.14. The molecule has 10 heteroatoms. The van der Waals surface area contributed by atoms with Crippen molar-refractivity contribution in [1.29, 1.82) is 0 Å². The zero-order valence-electron chi connectivity index (χ0n) is 14.8. The van der Waals surface area contributed by atoms with Crippen LogP contribution in [0.2, 0.25) is 0 Å². The van der Waals surface area contributed by atoms with E-state index in [4.69, 9.17) is 9.47 Å². The topological polar surface area (TPSA) is 79.5 Å². The summed E-state index contributed by atoms with van der Waals surface area (Å²) in [6.45, 7) is -0.305. The minimum atomic E-state index is -3.34. The molecule has 1 saturated heterocycles. The van der Waals surface area contributed by atoms with E-state index in [1.807, 2.05) is 0 Å². The van der Waals surface area contributed by atoms with Crippen LogP contribution in [-0.2, 0) is 4.74 Å². The fraction of sp³-hybridized carbons (Fsp3) is 0.556. The summed E-state index contributed by atoms with van der Waals surface area (Å²) in [7, 11) is 0. The number of hydrogen-bond donors (Lipinski definition) is 2. The molecule has 5 heterocycles. The highest BCUT2D eigenvalue weighted by Crippen LogP contribution is 2.53. The molecular formula is C18H18F2N4O3S. The molecule has 1 aliphatic carbocycles. The van der Waals surface area contributed by atoms with Gasteiger partial charge in [0.2, 0.25) is 0 Å². The number of anilines is 1. The summed E-state index contributed by atoms with van der Waals surface area (Å²) in [5.41, 5.74) is 1.07. The van der Waals surface area contributed by atoms with Crippen LogP contribution in [0.25, 0.3) is 10.4 Å². The van der Waals surface area contributed by atoms with E-state index in [2.05, 4.69) is 15.5 Å². The van der Waals surface area contributed by atoms with Crippen LogP contribution in [0, 0.1) is 5.92 Å². The number of ether oxygens (including phenoxy) is 2. The number of rotatable bonds is 2. The molecule has 0 aromatic carbocycles. The summed E-state index contributed by atoms with van der Waals surface area (Å²) < 4.78 is 40.0. The molecule has 2 N–H and O–H groups in total. The number of alkyl halides is 2. The Balaban J connectivity index is 1.42. The van der Waals surface area contributed by atoms with Gasteiger partial charge in [0.05, 0.1) is 29.3 Å². The Hall–Kier alpha value is -2.20. The number of halogens is 2. The lowest BCUT2D eigenvalue weighted by Crippen LogP contribution is -2.54. The third kappa shape index (κ3) is 2.40. The predicted molar refractivity (Wildman–Crippen MR) is 96.9 cm³/mol. The molecule has 0 unspecified atom stereocenters. The summed E-state index contributed by atoms with van der Waals surface area (Å²) in [6.07, 6.45) is 3.02. The van der Waals surface area contributed by atoms with Crippen molar-refractivity contribution in [2.45, 2.75) is 43.6 Å². The second-order valence-electron chi connectivity index (χ2n) is 7.92. The van der Waals surface area contributed by atoms with Gasteiger partial charge in [0.1, 0.15) is 17.1 Å². The van der Waals surface area contributed by atoms with Gasteiger partial charge in [0, 0.05) is 18.3 Å². The molecule has 0 spiro atoms. The third-order valence-corrected chi connectivity index (χ3v) is 7.33. The van der Waals surface area contributed by atoms with Gasteiger partial charge in [0.25, 0.3) is 5.91 Å². The van der Waals surface area contributed by atoms with Gasteiger partial charge in [-0.3, -0.25) is 9.89 Å². The monoisotopic (exact) mass is 408 g/mol. The van der Waals surface area contributed by atoms with E-state index in [0.29, 0.717) is 26.9 Å². The zero-order chi connectivity index (χ0) is 19.0. The van der Waals surface area contributed by atoms with Gasteiger partial charge in [-0.25, -0.2) is 0 Å². The van der Waals surface area contributed by atoms with Gasteiger partial charge < -0.3 is 19.7 Å². The number of nitrogens with zero attached hydrogens (tertiary/aromatic N) is 2. The Labute approximate surface area is 163 Å². The van der Waals surface area contributed by atoms with Crippen LogP contribution in [0.3, 0.4) is 0 Å². The Bertz CT molecular complexity index is 947. The first kappa shape index (κ1) is 16.7. The fourth-order valence-electron chi connectivity index (χ4n) is 5.00. The Morgan fingerprint density at radius 3 is 2.93 bits per heavy atom. The normalized spacial score (nSPS) is 32.6. The first-order valence-electron chi connectivity index (χ1n) is 9.42. The van der Waals surface area contributed by atoms with Crippen molar-refractivity contribution in [2.24, 2.45) is 5.92 Å². The minimum Gasteiger partial charge on any atom is -0.427 e. The number of H-pyrrole nitrogens is 1. The molecule has 148 valence electrons. The molecule has 4 aliphatic rings. The van der Waals surface area contributed by atoms with E-state index in [1.165, 1.54) is 6.20 Å². The molecule has 2 aromatic rings. The number of amides is 1. The first-order valence-corrected chi connectivity index (χ1v) is 10.2. The van der Waals surface area contributed by atoms with Crippen molar-refractivity contribution in [3.05, 3.63) is 17.3 Å². The standard InChI is InChI=1S/C18H18F2N4O3S/c19-18(20)7-24-6-11(13-8-1-2-10(3-8)26-13)23-17(25)16-12(24)14(27-18)15(28-16)9-4-21-22-5-9/h4-5,8,10-11,13H,1-3,6-7H2,(H,21,22)(H,23,25)/t8-,10+,11+,13+/m1/s1. The molecule has 7 nitrogen and oxygen atoms in total. The van der Waals surface area contributed by atoms with Gasteiger partial charge in [-0.15, -0.1) is 11.3 Å². The van der Waals surface area contributed by atoms with Gasteiger partial charge in [-0.05, 0) is 25.2 Å². The minimum absolute atomic E-state index is 0.0577. The molecular weight excluding hydrogens is 390 g/mol. The summed E-state index contributed by atoms with van der Waals surface area (Å²) in [4.78, 5) is 15.5. The average molecular weight is 408 g/mol. The second kappa shape index (κ2) is 5.66. The lowest BCUT2D eigenvalue weighted by Gasteiger charge is -2.37. The van der Waals surface area contributed by atoms with E-state index in [-0.39, 0.29) is 36.5 Å². The highest BCUT2D eigenvalue weighted by molar-refractivity contribution is 7.18. The van der Waals surface area contributed by atoms with Crippen LogP contribution in [0.5, 0.6) is 5.75 Å². The van der Waals surface area contributed by atoms with Crippen molar-refractivity contribution >= 4 is 22.9 Å². The number of nitrogens with one attached hydrogen (secondary N) is 2. The van der Waals surface area contributed by atoms with Gasteiger partial charge in [-0.2, -0.15) is 13.9 Å². The number of aromatic amines is 1. The molecule has 0 radical (unpaired) electrons. The Kier molecular flexibility index (Phi) is 3.38. The lowest BCUT2D eigenvalue weighted by molar-refractivity contribution is -0.171. The van der Waals surface area contributed by atoms with Crippen molar-refractivity contribution in [2.75, 3.05) is 18.0 Å². The van der Waals surface area contributed by atoms with Crippen molar-refractivity contribution < 1.29 is 23.0 Å². The number of hydrogen-bond acceptors (Lipinski definition) is 6.